The lowest BCUT2D eigenvalue weighted by Gasteiger charge is -2.33. The third-order valence-electron chi connectivity index (χ3n) is 7.30. The molecule has 1 spiro atoms. The molecule has 0 aliphatic carbocycles. The quantitative estimate of drug-likeness (QED) is 0.171. The highest BCUT2D eigenvalue weighted by Gasteiger charge is 2.49. The molecular weight excluding hydrogens is 616 g/mol. The van der Waals surface area contributed by atoms with E-state index in [2.05, 4.69) is 20.5 Å². The van der Waals surface area contributed by atoms with Gasteiger partial charge >= 0.3 is 6.16 Å². The maximum Gasteiger partial charge on any atom is 0.613 e. The lowest BCUT2D eigenvalue weighted by atomic mass is 10.1. The van der Waals surface area contributed by atoms with Gasteiger partial charge in [0.05, 0.1) is 4.92 Å². The number of azo groups is 2. The number of non-ortho nitro benzene ring substituents is 1. The van der Waals surface area contributed by atoms with Crippen LogP contribution in [0.15, 0.2) is 66.4 Å². The molecule has 2 N–H and O–H groups in total. The molecular formula is C29H20N10O8. The minimum atomic E-state index is -2.86. The summed E-state index contributed by atoms with van der Waals surface area (Å²) in [5.41, 5.74) is 3.50. The van der Waals surface area contributed by atoms with Crippen LogP contribution in [0, 0.1) is 46.6 Å². The zero-order valence-electron chi connectivity index (χ0n) is 24.8. The minimum absolute atomic E-state index is 0.0306. The van der Waals surface area contributed by atoms with Crippen molar-refractivity contribution in [3.05, 3.63) is 89.5 Å². The summed E-state index contributed by atoms with van der Waals surface area (Å²) in [5.74, 6) is -1.05. The van der Waals surface area contributed by atoms with Gasteiger partial charge in [0.15, 0.2) is 22.9 Å². The first kappa shape index (κ1) is 30.0. The number of nitriles is 2. The van der Waals surface area contributed by atoms with Crippen molar-refractivity contribution in [2.24, 2.45) is 34.6 Å². The third kappa shape index (κ3) is 4.82. The van der Waals surface area contributed by atoms with Crippen LogP contribution in [0.2, 0.25) is 0 Å². The fraction of sp³-hybridized carbons (Fsp3) is 0.172. The number of pyridine rings is 2. The summed E-state index contributed by atoms with van der Waals surface area (Å²) in [6.45, 7) is 2.88. The molecule has 1 atom stereocenters. The van der Waals surface area contributed by atoms with Crippen molar-refractivity contribution in [2.45, 2.75) is 20.0 Å². The molecule has 1 unspecified atom stereocenters. The van der Waals surface area contributed by atoms with Gasteiger partial charge < -0.3 is 24.7 Å². The SMILES string of the molecule is Cc1c2c(n(C)c(=O)c1C#N)OC1(Oc3ccc(N)cc3N=N2)Oc2ccc([N+](=O)[O-])cc2N=Nc2c(C)c(C#N)c(=O)n(C)c2O1. The molecule has 0 bridgehead atoms. The van der Waals surface area contributed by atoms with Crippen LogP contribution < -0.4 is 35.8 Å². The smallest absolute Gasteiger partial charge is 0.399 e. The Bertz CT molecular complexity index is 2330. The number of hydrogen-bond donors (Lipinski definition) is 1. The van der Waals surface area contributed by atoms with Crippen molar-refractivity contribution in [2.75, 3.05) is 5.73 Å². The summed E-state index contributed by atoms with van der Waals surface area (Å²) in [5, 5.41) is 48.0. The van der Waals surface area contributed by atoms with Gasteiger partial charge in [0, 0.05) is 43.0 Å². The normalized spacial score (nSPS) is 15.8. The van der Waals surface area contributed by atoms with E-state index in [1.165, 1.54) is 52.2 Å². The van der Waals surface area contributed by atoms with Crippen molar-refractivity contribution in [3.63, 3.8) is 0 Å². The second-order valence-corrected chi connectivity index (χ2v) is 10.2. The van der Waals surface area contributed by atoms with Crippen molar-refractivity contribution in [3.8, 4) is 35.4 Å². The first-order chi connectivity index (χ1) is 22.4. The van der Waals surface area contributed by atoms with E-state index < -0.39 is 22.2 Å². The first-order valence-corrected chi connectivity index (χ1v) is 13.4. The molecule has 2 aromatic heterocycles. The van der Waals surface area contributed by atoms with Gasteiger partial charge in [0.25, 0.3) is 16.8 Å². The third-order valence-corrected chi connectivity index (χ3v) is 7.30. The van der Waals surface area contributed by atoms with Gasteiger partial charge in [-0.2, -0.15) is 10.5 Å². The Kier molecular flexibility index (Phi) is 6.90. The van der Waals surface area contributed by atoms with Crippen LogP contribution in [0.1, 0.15) is 22.3 Å². The highest BCUT2D eigenvalue weighted by atomic mass is 17.0. The zero-order valence-corrected chi connectivity index (χ0v) is 24.8. The number of nitro benzene ring substituents is 1. The van der Waals surface area contributed by atoms with E-state index in [0.717, 1.165) is 21.3 Å². The number of fused-ring (bicyclic) bond motifs is 4. The molecule has 0 saturated carbocycles. The number of hydrogen-bond acceptors (Lipinski definition) is 15. The number of nitrogen functional groups attached to an aromatic ring is 1. The van der Waals surface area contributed by atoms with Gasteiger partial charge in [-0.3, -0.25) is 28.8 Å². The molecule has 4 heterocycles. The van der Waals surface area contributed by atoms with Crippen LogP contribution in [0.4, 0.5) is 34.1 Å². The molecule has 18 nitrogen and oxygen atoms in total. The Morgan fingerprint density at radius 2 is 1.26 bits per heavy atom. The maximum atomic E-state index is 13.3. The number of nitrogens with two attached hydrogens (primary N) is 1. The highest BCUT2D eigenvalue weighted by molar-refractivity contribution is 5.65. The second-order valence-electron chi connectivity index (χ2n) is 10.2. The van der Waals surface area contributed by atoms with E-state index in [0.29, 0.717) is 0 Å². The van der Waals surface area contributed by atoms with E-state index in [4.69, 9.17) is 24.7 Å². The van der Waals surface area contributed by atoms with E-state index in [1.807, 2.05) is 12.1 Å². The molecule has 0 radical (unpaired) electrons. The molecule has 6 rings (SSSR count). The van der Waals surface area contributed by atoms with Crippen LogP contribution in [0.25, 0.3) is 0 Å². The number of anilines is 1. The van der Waals surface area contributed by atoms with Crippen molar-refractivity contribution >= 4 is 34.1 Å². The number of ether oxygens (including phenoxy) is 4. The summed E-state index contributed by atoms with van der Waals surface area (Å²) in [7, 11) is 2.57. The van der Waals surface area contributed by atoms with E-state index >= 15 is 0 Å². The number of aromatic nitrogens is 2. The van der Waals surface area contributed by atoms with Crippen LogP contribution in [0.3, 0.4) is 0 Å². The highest BCUT2D eigenvalue weighted by Crippen LogP contribution is 2.46. The molecule has 2 aliphatic heterocycles. The molecule has 0 fully saturated rings. The van der Waals surface area contributed by atoms with Crippen LogP contribution in [-0.2, 0) is 14.1 Å². The Labute approximate surface area is 262 Å². The zero-order chi connectivity index (χ0) is 33.8. The summed E-state index contributed by atoms with van der Waals surface area (Å²) >= 11 is 0. The molecule has 2 aromatic carbocycles. The van der Waals surface area contributed by atoms with Crippen LogP contribution >= 0.6 is 0 Å². The largest absolute Gasteiger partial charge is 0.613 e. The van der Waals surface area contributed by atoms with E-state index in [9.17, 15) is 30.2 Å². The van der Waals surface area contributed by atoms with Gasteiger partial charge in [-0.15, -0.1) is 20.5 Å². The molecule has 47 heavy (non-hydrogen) atoms. The number of nitrogens with zero attached hydrogens (tertiary/aromatic N) is 9. The fourth-order valence-corrected chi connectivity index (χ4v) is 4.77. The monoisotopic (exact) mass is 636 g/mol. The topological polar surface area (TPSA) is 247 Å². The van der Waals surface area contributed by atoms with Gasteiger partial charge in [-0.1, -0.05) is 0 Å². The number of rotatable bonds is 1. The van der Waals surface area contributed by atoms with E-state index in [1.54, 1.807) is 0 Å². The lowest BCUT2D eigenvalue weighted by Crippen LogP contribution is -2.55. The fourth-order valence-electron chi connectivity index (χ4n) is 4.77. The number of benzene rings is 2. The summed E-state index contributed by atoms with van der Waals surface area (Å²) in [4.78, 5) is 37.6. The van der Waals surface area contributed by atoms with Crippen molar-refractivity contribution in [1.82, 2.24) is 9.13 Å². The van der Waals surface area contributed by atoms with Gasteiger partial charge in [-0.05, 0) is 38.1 Å². The molecule has 4 aromatic rings. The predicted octanol–water partition coefficient (Wildman–Crippen LogP) is 4.62. The average molecular weight is 637 g/mol. The first-order valence-electron chi connectivity index (χ1n) is 13.4. The van der Waals surface area contributed by atoms with E-state index in [-0.39, 0.29) is 79.6 Å². The molecule has 0 saturated heterocycles. The Morgan fingerprint density at radius 1 is 0.787 bits per heavy atom. The van der Waals surface area contributed by atoms with Gasteiger partial charge in [-0.25, -0.2) is 0 Å². The van der Waals surface area contributed by atoms with Crippen molar-refractivity contribution in [1.29, 1.82) is 10.5 Å². The summed E-state index contributed by atoms with van der Waals surface area (Å²) in [6, 6.07) is 11.3. The second kappa shape index (κ2) is 10.8. The number of nitro groups is 1. The predicted molar refractivity (Wildman–Crippen MR) is 160 cm³/mol. The molecule has 2 aliphatic rings. The van der Waals surface area contributed by atoms with Gasteiger partial charge in [0.2, 0.25) is 11.8 Å². The van der Waals surface area contributed by atoms with Crippen LogP contribution in [-0.4, -0.2) is 20.2 Å². The molecule has 234 valence electrons. The summed E-state index contributed by atoms with van der Waals surface area (Å²) in [6.07, 6.45) is -2.86. The molecule has 18 heteroatoms. The summed E-state index contributed by atoms with van der Waals surface area (Å²) < 4.78 is 27.0. The minimum Gasteiger partial charge on any atom is -0.399 e. The Balaban J connectivity index is 1.75. The molecule has 0 amide bonds. The lowest BCUT2D eigenvalue weighted by molar-refractivity contribution is -0.385. The Hall–Kier alpha value is -7.08. The average Bonchev–Trinajstić information content (AvgIpc) is 3.14. The van der Waals surface area contributed by atoms with Crippen molar-refractivity contribution < 1.29 is 23.9 Å². The van der Waals surface area contributed by atoms with Gasteiger partial charge in [0.1, 0.15) is 34.6 Å². The standard InChI is InChI=1S/C29H20N10O8/c1-13-17(11-30)25(40)37(3)27-23(13)35-33-19-9-15(32)5-7-21(19)44-29(46-27)45-22-8-6-16(39(42)43)10-20(22)34-36-24-14(2)18(12-31)26(41)38(4)28(24)47-29/h5-10H,32H2,1-4H3. The Morgan fingerprint density at radius 3 is 1.72 bits per heavy atom. The van der Waals surface area contributed by atoms with Crippen LogP contribution in [0.5, 0.6) is 23.3 Å². The maximum absolute atomic E-state index is 13.3.